The number of allylic oxidation sites excluding steroid dienone is 8. The van der Waals surface area contributed by atoms with Crippen LogP contribution in [0.2, 0.25) is 0 Å². The lowest BCUT2D eigenvalue weighted by Crippen LogP contribution is -1.96. The van der Waals surface area contributed by atoms with Crippen molar-refractivity contribution in [1.82, 2.24) is 0 Å². The van der Waals surface area contributed by atoms with Crippen molar-refractivity contribution in [3.63, 3.8) is 0 Å². The normalized spacial score (nSPS) is 13.7. The van der Waals surface area contributed by atoms with Crippen LogP contribution in [0.25, 0.3) is 0 Å². The van der Waals surface area contributed by atoms with E-state index in [1.165, 1.54) is 6.21 Å². The highest BCUT2D eigenvalue weighted by Crippen LogP contribution is 2.05. The van der Waals surface area contributed by atoms with E-state index in [9.17, 15) is 0 Å². The molecule has 0 saturated carbocycles. The van der Waals surface area contributed by atoms with Gasteiger partial charge in [0, 0.05) is 18.3 Å². The highest BCUT2D eigenvalue weighted by molar-refractivity contribution is 5.68. The molecule has 15 heavy (non-hydrogen) atoms. The van der Waals surface area contributed by atoms with E-state index < -0.39 is 0 Å². The largest absolute Gasteiger partial charge is 0.402 e. The molecule has 0 aromatic rings. The molecule has 2 heteroatoms. The lowest BCUT2D eigenvalue weighted by Gasteiger charge is -1.99. The van der Waals surface area contributed by atoms with Crippen LogP contribution in [0.5, 0.6) is 0 Å². The molecular formula is C13H18N2. The first-order chi connectivity index (χ1) is 7.20. The minimum atomic E-state index is 0.740. The SMILES string of the molecule is C=C/C=C\C=C(/N)C/C(C)=C/C=C\C=N. The van der Waals surface area contributed by atoms with Crippen molar-refractivity contribution in [3.05, 3.63) is 60.4 Å². The third-order valence-corrected chi connectivity index (χ3v) is 1.63. The molecular weight excluding hydrogens is 184 g/mol. The van der Waals surface area contributed by atoms with Gasteiger partial charge in [0.25, 0.3) is 0 Å². The van der Waals surface area contributed by atoms with Crippen molar-refractivity contribution in [1.29, 1.82) is 5.41 Å². The van der Waals surface area contributed by atoms with E-state index in [4.69, 9.17) is 11.1 Å². The van der Waals surface area contributed by atoms with Gasteiger partial charge >= 0.3 is 0 Å². The fraction of sp³-hybridized carbons (Fsp3) is 0.154. The Hall–Kier alpha value is -1.83. The Kier molecular flexibility index (Phi) is 7.69. The van der Waals surface area contributed by atoms with Crippen LogP contribution in [0.4, 0.5) is 0 Å². The van der Waals surface area contributed by atoms with Crippen LogP contribution < -0.4 is 5.73 Å². The molecule has 80 valence electrons. The van der Waals surface area contributed by atoms with Crippen molar-refractivity contribution < 1.29 is 0 Å². The summed E-state index contributed by atoms with van der Waals surface area (Å²) in [6.45, 7) is 5.58. The van der Waals surface area contributed by atoms with Gasteiger partial charge in [-0.3, -0.25) is 0 Å². The first-order valence-electron chi connectivity index (χ1n) is 4.77. The first kappa shape index (κ1) is 13.2. The second-order valence-corrected chi connectivity index (χ2v) is 3.10. The van der Waals surface area contributed by atoms with Crippen molar-refractivity contribution >= 4 is 6.21 Å². The van der Waals surface area contributed by atoms with Crippen molar-refractivity contribution in [3.8, 4) is 0 Å². The smallest absolute Gasteiger partial charge is 0.0177 e. The van der Waals surface area contributed by atoms with Gasteiger partial charge in [-0.05, 0) is 19.1 Å². The molecule has 0 spiro atoms. The van der Waals surface area contributed by atoms with Gasteiger partial charge in [-0.25, -0.2) is 0 Å². The zero-order valence-corrected chi connectivity index (χ0v) is 9.11. The van der Waals surface area contributed by atoms with Gasteiger partial charge in [0.1, 0.15) is 0 Å². The summed E-state index contributed by atoms with van der Waals surface area (Å²) in [4.78, 5) is 0. The molecule has 3 N–H and O–H groups in total. The quantitative estimate of drug-likeness (QED) is 0.504. The predicted molar refractivity (Wildman–Crippen MR) is 67.9 cm³/mol. The fourth-order valence-electron chi connectivity index (χ4n) is 0.973. The molecule has 0 radical (unpaired) electrons. The standard InChI is InChI=1S/C13H18N2/c1-3-4-5-9-13(15)11-12(2)8-6-7-10-14/h3-10,14H,1,11,15H2,2H3/b5-4-,7-6-,12-8+,13-9-,14-10?. The lowest BCUT2D eigenvalue weighted by atomic mass is 10.1. The van der Waals surface area contributed by atoms with Crippen molar-refractivity contribution in [2.75, 3.05) is 0 Å². The molecule has 0 aliphatic rings. The van der Waals surface area contributed by atoms with Crippen LogP contribution >= 0.6 is 0 Å². The minimum Gasteiger partial charge on any atom is -0.402 e. The van der Waals surface area contributed by atoms with E-state index in [-0.39, 0.29) is 0 Å². The van der Waals surface area contributed by atoms with Crippen molar-refractivity contribution in [2.45, 2.75) is 13.3 Å². The molecule has 0 saturated heterocycles. The minimum absolute atomic E-state index is 0.740. The Morgan fingerprint density at radius 2 is 1.87 bits per heavy atom. The summed E-state index contributed by atoms with van der Waals surface area (Å²) >= 11 is 0. The summed E-state index contributed by atoms with van der Waals surface area (Å²) in [7, 11) is 0. The summed E-state index contributed by atoms with van der Waals surface area (Å²) in [5.74, 6) is 0. The van der Waals surface area contributed by atoms with Crippen LogP contribution in [0.3, 0.4) is 0 Å². The second kappa shape index (κ2) is 8.75. The maximum Gasteiger partial charge on any atom is 0.0177 e. The Morgan fingerprint density at radius 1 is 1.20 bits per heavy atom. The summed E-state index contributed by atoms with van der Waals surface area (Å²) in [5, 5.41) is 6.81. The Bertz CT molecular complexity index is 285. The van der Waals surface area contributed by atoms with Gasteiger partial charge in [0.2, 0.25) is 0 Å². The average molecular weight is 202 g/mol. The van der Waals surface area contributed by atoms with Gasteiger partial charge in [-0.1, -0.05) is 42.5 Å². The molecule has 0 atom stereocenters. The molecule has 0 rings (SSSR count). The van der Waals surface area contributed by atoms with Crippen molar-refractivity contribution in [2.24, 2.45) is 5.73 Å². The zero-order chi connectivity index (χ0) is 11.5. The summed E-state index contributed by atoms with van der Waals surface area (Å²) in [6.07, 6.45) is 14.7. The molecule has 0 aromatic carbocycles. The third kappa shape index (κ3) is 8.50. The number of hydrogen-bond acceptors (Lipinski definition) is 2. The van der Waals surface area contributed by atoms with Gasteiger partial charge in [-0.2, -0.15) is 0 Å². The van der Waals surface area contributed by atoms with Crippen LogP contribution in [-0.4, -0.2) is 6.21 Å². The van der Waals surface area contributed by atoms with E-state index in [2.05, 4.69) is 6.58 Å². The van der Waals surface area contributed by atoms with Gasteiger partial charge in [0.05, 0.1) is 0 Å². The van der Waals surface area contributed by atoms with E-state index in [0.717, 1.165) is 17.7 Å². The second-order valence-electron chi connectivity index (χ2n) is 3.10. The molecule has 0 amide bonds. The molecule has 0 aliphatic heterocycles. The van der Waals surface area contributed by atoms with Crippen LogP contribution in [0, 0.1) is 5.41 Å². The summed E-state index contributed by atoms with van der Waals surface area (Å²) < 4.78 is 0. The maximum absolute atomic E-state index is 6.81. The molecule has 2 nitrogen and oxygen atoms in total. The van der Waals surface area contributed by atoms with Gasteiger partial charge in [0.15, 0.2) is 0 Å². The van der Waals surface area contributed by atoms with Crippen LogP contribution in [-0.2, 0) is 0 Å². The Balaban J connectivity index is 4.21. The topological polar surface area (TPSA) is 49.9 Å². The molecule has 0 fully saturated rings. The first-order valence-corrected chi connectivity index (χ1v) is 4.77. The molecule has 0 bridgehead atoms. The van der Waals surface area contributed by atoms with E-state index >= 15 is 0 Å². The maximum atomic E-state index is 6.81. The molecule has 0 unspecified atom stereocenters. The summed E-state index contributed by atoms with van der Waals surface area (Å²) in [5.41, 5.74) is 7.76. The Labute approximate surface area is 91.7 Å². The third-order valence-electron chi connectivity index (χ3n) is 1.63. The van der Waals surface area contributed by atoms with E-state index in [1.54, 1.807) is 12.2 Å². The fourth-order valence-corrected chi connectivity index (χ4v) is 0.973. The number of nitrogens with one attached hydrogen (secondary N) is 1. The monoisotopic (exact) mass is 202 g/mol. The van der Waals surface area contributed by atoms with Gasteiger partial charge in [-0.15, -0.1) is 0 Å². The Morgan fingerprint density at radius 3 is 2.47 bits per heavy atom. The van der Waals surface area contributed by atoms with Crippen LogP contribution in [0.1, 0.15) is 13.3 Å². The molecule has 0 aromatic heterocycles. The lowest BCUT2D eigenvalue weighted by molar-refractivity contribution is 1.08. The highest BCUT2D eigenvalue weighted by atomic mass is 14.6. The van der Waals surface area contributed by atoms with Gasteiger partial charge < -0.3 is 11.1 Å². The number of nitrogens with two attached hydrogens (primary N) is 1. The van der Waals surface area contributed by atoms with E-state index in [1.807, 2.05) is 37.3 Å². The zero-order valence-electron chi connectivity index (χ0n) is 9.11. The van der Waals surface area contributed by atoms with Crippen LogP contribution in [0.15, 0.2) is 60.4 Å². The average Bonchev–Trinajstić information content (AvgIpc) is 2.18. The van der Waals surface area contributed by atoms with E-state index in [0.29, 0.717) is 0 Å². The molecule has 0 heterocycles. The predicted octanol–water partition coefficient (Wildman–Crippen LogP) is 3.11. The molecule has 0 aliphatic carbocycles. The summed E-state index contributed by atoms with van der Waals surface area (Å²) in [6, 6.07) is 0. The highest BCUT2D eigenvalue weighted by Gasteiger charge is 1.90. The number of rotatable bonds is 6. The number of hydrogen-bond donors (Lipinski definition) is 2.